The van der Waals surface area contributed by atoms with Gasteiger partial charge in [-0.15, -0.1) is 11.3 Å². The Morgan fingerprint density at radius 1 is 1.15 bits per heavy atom. The third-order valence-electron chi connectivity index (χ3n) is 3.78. The number of aryl methyl sites for hydroxylation is 1. The molecule has 0 radical (unpaired) electrons. The van der Waals surface area contributed by atoms with Crippen LogP contribution in [0.1, 0.15) is 15.2 Å². The standard InChI is InChI=1S/C19H17NO4S2.H2O/c1-12-6-3-4-9-17(12)26(23)20-15-11-16(25-18(15)19(21)22)13-7-5-8-14(10-13)24-2;/h3-11,20H,1-2H3,(H,21,22);1H2. The zero-order valence-electron chi connectivity index (χ0n) is 14.7. The predicted octanol–water partition coefficient (Wildman–Crippen LogP) is 3.74. The van der Waals surface area contributed by atoms with Crippen molar-refractivity contribution in [2.45, 2.75) is 11.8 Å². The van der Waals surface area contributed by atoms with Crippen molar-refractivity contribution in [2.75, 3.05) is 11.8 Å². The van der Waals surface area contributed by atoms with Crippen LogP contribution in [0.4, 0.5) is 5.69 Å². The monoisotopic (exact) mass is 405 g/mol. The second-order valence-corrected chi connectivity index (χ2v) is 7.76. The Kier molecular flexibility index (Phi) is 6.73. The van der Waals surface area contributed by atoms with Crippen LogP contribution in [0, 0.1) is 6.92 Å². The van der Waals surface area contributed by atoms with E-state index in [-0.39, 0.29) is 10.4 Å². The van der Waals surface area contributed by atoms with Crippen molar-refractivity contribution >= 4 is 34.0 Å². The minimum Gasteiger partial charge on any atom is -0.497 e. The van der Waals surface area contributed by atoms with Gasteiger partial charge in [-0.3, -0.25) is 4.72 Å². The lowest BCUT2D eigenvalue weighted by molar-refractivity contribution is 0.0703. The van der Waals surface area contributed by atoms with Crippen LogP contribution in [-0.4, -0.2) is 27.9 Å². The molecular weight excluding hydrogens is 386 g/mol. The molecule has 1 unspecified atom stereocenters. The third kappa shape index (κ3) is 4.54. The molecule has 0 spiro atoms. The van der Waals surface area contributed by atoms with E-state index in [1.165, 1.54) is 0 Å². The van der Waals surface area contributed by atoms with Gasteiger partial charge < -0.3 is 15.3 Å². The van der Waals surface area contributed by atoms with Gasteiger partial charge in [0.1, 0.15) is 10.6 Å². The lowest BCUT2D eigenvalue weighted by Gasteiger charge is -2.07. The molecule has 3 rings (SSSR count). The number of anilines is 1. The highest BCUT2D eigenvalue weighted by molar-refractivity contribution is 7.86. The molecule has 1 aromatic heterocycles. The largest absolute Gasteiger partial charge is 0.497 e. The minimum atomic E-state index is -1.55. The van der Waals surface area contributed by atoms with Gasteiger partial charge in [0, 0.05) is 4.88 Å². The number of benzene rings is 2. The fourth-order valence-electron chi connectivity index (χ4n) is 2.46. The summed E-state index contributed by atoms with van der Waals surface area (Å²) in [5, 5.41) is 9.51. The SMILES string of the molecule is COc1cccc(-c2cc(NS(=O)c3ccccc3C)c(C(=O)O)s2)c1.O. The van der Waals surface area contributed by atoms with E-state index in [0.29, 0.717) is 16.3 Å². The highest BCUT2D eigenvalue weighted by Gasteiger charge is 2.19. The molecule has 3 aromatic rings. The normalized spacial score (nSPS) is 11.3. The number of methoxy groups -OCH3 is 1. The van der Waals surface area contributed by atoms with E-state index >= 15 is 0 Å². The summed E-state index contributed by atoms with van der Waals surface area (Å²) in [5.74, 6) is -0.376. The van der Waals surface area contributed by atoms with Gasteiger partial charge in [0.15, 0.2) is 11.0 Å². The first-order chi connectivity index (χ1) is 12.5. The van der Waals surface area contributed by atoms with Gasteiger partial charge in [-0.05, 0) is 42.3 Å². The molecule has 0 aliphatic heterocycles. The number of nitrogens with one attached hydrogen (secondary N) is 1. The number of hydrogen-bond donors (Lipinski definition) is 2. The smallest absolute Gasteiger partial charge is 0.348 e. The summed E-state index contributed by atoms with van der Waals surface area (Å²) in [6, 6.07) is 16.4. The summed E-state index contributed by atoms with van der Waals surface area (Å²) >= 11 is 1.13. The summed E-state index contributed by atoms with van der Waals surface area (Å²) in [5.41, 5.74) is 2.05. The summed E-state index contributed by atoms with van der Waals surface area (Å²) in [4.78, 5) is 13.1. The number of carboxylic acid groups (broad SMARTS) is 1. The number of ether oxygens (including phenoxy) is 1. The Hall–Kier alpha value is -2.68. The van der Waals surface area contributed by atoms with Crippen molar-refractivity contribution in [3.63, 3.8) is 0 Å². The van der Waals surface area contributed by atoms with E-state index in [0.717, 1.165) is 27.3 Å². The van der Waals surface area contributed by atoms with Crippen LogP contribution in [0.25, 0.3) is 10.4 Å². The maximum absolute atomic E-state index is 12.6. The molecule has 0 saturated heterocycles. The summed E-state index contributed by atoms with van der Waals surface area (Å²) < 4.78 is 20.7. The molecule has 27 heavy (non-hydrogen) atoms. The van der Waals surface area contributed by atoms with Crippen LogP contribution < -0.4 is 9.46 Å². The maximum atomic E-state index is 12.6. The van der Waals surface area contributed by atoms with Crippen molar-refractivity contribution in [2.24, 2.45) is 0 Å². The Morgan fingerprint density at radius 2 is 1.89 bits per heavy atom. The van der Waals surface area contributed by atoms with Crippen molar-refractivity contribution in [1.82, 2.24) is 0 Å². The Balaban J connectivity index is 0.00000261. The number of rotatable bonds is 6. The Labute approximate surface area is 163 Å². The van der Waals surface area contributed by atoms with Gasteiger partial charge in [-0.2, -0.15) is 0 Å². The molecular formula is C19H19NO5S2. The number of carboxylic acids is 1. The van der Waals surface area contributed by atoms with E-state index in [9.17, 15) is 14.1 Å². The summed E-state index contributed by atoms with van der Waals surface area (Å²) in [6.45, 7) is 1.86. The third-order valence-corrected chi connectivity index (χ3v) is 6.21. The van der Waals surface area contributed by atoms with E-state index < -0.39 is 17.0 Å². The average molecular weight is 405 g/mol. The van der Waals surface area contributed by atoms with Crippen molar-refractivity contribution in [1.29, 1.82) is 0 Å². The molecule has 0 aliphatic carbocycles. The molecule has 1 heterocycles. The number of hydrogen-bond acceptors (Lipinski definition) is 4. The quantitative estimate of drug-likeness (QED) is 0.651. The molecule has 142 valence electrons. The molecule has 4 N–H and O–H groups in total. The lowest BCUT2D eigenvalue weighted by atomic mass is 10.2. The molecule has 0 fully saturated rings. The second kappa shape index (κ2) is 8.81. The highest BCUT2D eigenvalue weighted by Crippen LogP contribution is 2.36. The van der Waals surface area contributed by atoms with Gasteiger partial charge in [0.05, 0.1) is 17.7 Å². The van der Waals surface area contributed by atoms with Crippen LogP contribution >= 0.6 is 11.3 Å². The first-order valence-electron chi connectivity index (χ1n) is 7.75. The van der Waals surface area contributed by atoms with Crippen molar-refractivity contribution < 1.29 is 24.3 Å². The Bertz CT molecular complexity index is 984. The van der Waals surface area contributed by atoms with Crippen LogP contribution in [0.2, 0.25) is 0 Å². The zero-order chi connectivity index (χ0) is 18.7. The molecule has 8 heteroatoms. The molecule has 0 saturated carbocycles. The predicted molar refractivity (Wildman–Crippen MR) is 108 cm³/mol. The van der Waals surface area contributed by atoms with Gasteiger partial charge in [-0.25, -0.2) is 9.00 Å². The topological polar surface area (TPSA) is 107 Å². The van der Waals surface area contributed by atoms with E-state index in [4.69, 9.17) is 4.74 Å². The number of carbonyl (C=O) groups is 1. The molecule has 0 amide bonds. The molecule has 6 nitrogen and oxygen atoms in total. The van der Waals surface area contributed by atoms with E-state index in [1.807, 2.05) is 43.3 Å². The molecule has 0 aliphatic rings. The minimum absolute atomic E-state index is 0. The van der Waals surface area contributed by atoms with Crippen LogP contribution in [-0.2, 0) is 11.0 Å². The lowest BCUT2D eigenvalue weighted by Crippen LogP contribution is -2.08. The zero-order valence-corrected chi connectivity index (χ0v) is 16.3. The molecule has 1 atom stereocenters. The number of aromatic carboxylic acids is 1. The highest BCUT2D eigenvalue weighted by atomic mass is 32.2. The van der Waals surface area contributed by atoms with Gasteiger partial charge >= 0.3 is 5.97 Å². The second-order valence-electron chi connectivity index (χ2n) is 5.53. The maximum Gasteiger partial charge on any atom is 0.348 e. The van der Waals surface area contributed by atoms with Gasteiger partial charge in [0.2, 0.25) is 0 Å². The fourth-order valence-corrected chi connectivity index (χ4v) is 4.51. The van der Waals surface area contributed by atoms with Crippen molar-refractivity contribution in [3.05, 3.63) is 65.0 Å². The van der Waals surface area contributed by atoms with Gasteiger partial charge in [0.25, 0.3) is 0 Å². The number of thiophene rings is 1. The van der Waals surface area contributed by atoms with Gasteiger partial charge in [-0.1, -0.05) is 30.3 Å². The van der Waals surface area contributed by atoms with E-state index in [1.54, 1.807) is 25.3 Å². The van der Waals surface area contributed by atoms with E-state index in [2.05, 4.69) is 4.72 Å². The van der Waals surface area contributed by atoms with Crippen LogP contribution in [0.15, 0.2) is 59.5 Å². The average Bonchev–Trinajstić information content (AvgIpc) is 3.06. The fraction of sp³-hybridized carbons (Fsp3) is 0.105. The first kappa shape index (κ1) is 20.6. The Morgan fingerprint density at radius 3 is 2.56 bits per heavy atom. The molecule has 2 aromatic carbocycles. The van der Waals surface area contributed by atoms with Crippen LogP contribution in [0.5, 0.6) is 5.75 Å². The first-order valence-corrected chi connectivity index (χ1v) is 9.72. The molecule has 0 bridgehead atoms. The summed E-state index contributed by atoms with van der Waals surface area (Å²) in [6.07, 6.45) is 0. The summed E-state index contributed by atoms with van der Waals surface area (Å²) in [7, 11) is 0.0247. The van der Waals surface area contributed by atoms with Crippen molar-refractivity contribution in [3.8, 4) is 16.2 Å². The van der Waals surface area contributed by atoms with Crippen LogP contribution in [0.3, 0.4) is 0 Å².